The number of benzene rings is 1. The second kappa shape index (κ2) is 6.66. The van der Waals surface area contributed by atoms with Crippen molar-refractivity contribution in [2.24, 2.45) is 0 Å². The highest BCUT2D eigenvalue weighted by molar-refractivity contribution is 7.16. The van der Waals surface area contributed by atoms with Gasteiger partial charge >= 0.3 is 0 Å². The van der Waals surface area contributed by atoms with E-state index in [9.17, 15) is 10.1 Å². The normalized spacial score (nSPS) is 13.3. The van der Waals surface area contributed by atoms with Crippen molar-refractivity contribution >= 4 is 27.9 Å². The Hall–Kier alpha value is -2.32. The summed E-state index contributed by atoms with van der Waals surface area (Å²) in [6, 6.07) is 8.61. The number of rotatable bonds is 3. The summed E-state index contributed by atoms with van der Waals surface area (Å²) >= 11 is 1.47. The molecule has 0 bridgehead atoms. The zero-order valence-electron chi connectivity index (χ0n) is 14.3. The molecular formula is C19H21N3OS. The van der Waals surface area contributed by atoms with E-state index in [2.05, 4.69) is 41.4 Å². The van der Waals surface area contributed by atoms with Crippen LogP contribution in [-0.4, -0.2) is 19.0 Å². The van der Waals surface area contributed by atoms with Gasteiger partial charge in [0.25, 0.3) is 0 Å². The number of aryl methyl sites for hydroxylation is 3. The largest absolute Gasteiger partial charge is 0.362 e. The quantitative estimate of drug-likeness (QED) is 0.921. The van der Waals surface area contributed by atoms with Gasteiger partial charge < -0.3 is 10.2 Å². The minimum Gasteiger partial charge on any atom is -0.362 e. The number of amides is 1. The van der Waals surface area contributed by atoms with Crippen molar-refractivity contribution in [2.75, 3.05) is 23.3 Å². The maximum atomic E-state index is 12.5. The van der Waals surface area contributed by atoms with Crippen molar-refractivity contribution in [1.82, 2.24) is 0 Å². The van der Waals surface area contributed by atoms with Crippen LogP contribution in [0, 0.1) is 32.1 Å². The van der Waals surface area contributed by atoms with Crippen molar-refractivity contribution in [2.45, 2.75) is 33.6 Å². The third-order valence-electron chi connectivity index (χ3n) is 4.53. The van der Waals surface area contributed by atoms with Crippen LogP contribution in [-0.2, 0) is 11.2 Å². The van der Waals surface area contributed by atoms with Gasteiger partial charge in [-0.25, -0.2) is 0 Å². The van der Waals surface area contributed by atoms with Crippen LogP contribution in [0.4, 0.5) is 10.7 Å². The minimum absolute atomic E-state index is 0.0684. The Morgan fingerprint density at radius 2 is 2.17 bits per heavy atom. The van der Waals surface area contributed by atoms with Crippen LogP contribution in [0.3, 0.4) is 0 Å². The van der Waals surface area contributed by atoms with Crippen LogP contribution in [0.2, 0.25) is 0 Å². The summed E-state index contributed by atoms with van der Waals surface area (Å²) in [7, 11) is 0. The summed E-state index contributed by atoms with van der Waals surface area (Å²) in [5.41, 5.74) is 5.26. The molecule has 1 aliphatic rings. The number of thiophene rings is 1. The molecule has 3 rings (SSSR count). The van der Waals surface area contributed by atoms with E-state index < -0.39 is 0 Å². The number of fused-ring (bicyclic) bond motifs is 1. The molecule has 1 amide bonds. The predicted molar refractivity (Wildman–Crippen MR) is 98.9 cm³/mol. The summed E-state index contributed by atoms with van der Waals surface area (Å²) in [4.78, 5) is 15.7. The topological polar surface area (TPSA) is 56.1 Å². The first-order chi connectivity index (χ1) is 11.5. The van der Waals surface area contributed by atoms with Crippen LogP contribution >= 0.6 is 11.3 Å². The van der Waals surface area contributed by atoms with E-state index in [0.717, 1.165) is 35.5 Å². The molecular weight excluding hydrogens is 318 g/mol. The van der Waals surface area contributed by atoms with E-state index in [1.807, 2.05) is 13.8 Å². The number of hydrogen-bond acceptors (Lipinski definition) is 4. The van der Waals surface area contributed by atoms with Crippen LogP contribution in [0.1, 0.15) is 33.6 Å². The van der Waals surface area contributed by atoms with Gasteiger partial charge in [-0.1, -0.05) is 17.7 Å². The molecule has 1 aromatic carbocycles. The van der Waals surface area contributed by atoms with Gasteiger partial charge in [0.1, 0.15) is 11.1 Å². The van der Waals surface area contributed by atoms with E-state index in [0.29, 0.717) is 17.1 Å². The predicted octanol–water partition coefficient (Wildman–Crippen LogP) is 3.94. The molecule has 0 saturated heterocycles. The lowest BCUT2D eigenvalue weighted by Crippen LogP contribution is -2.36. The molecule has 0 saturated carbocycles. The fraction of sp³-hybridized carbons (Fsp3) is 0.368. The van der Waals surface area contributed by atoms with Gasteiger partial charge in [0.05, 0.1) is 12.1 Å². The number of nitrogens with zero attached hydrogens (tertiary/aromatic N) is 2. The van der Waals surface area contributed by atoms with Gasteiger partial charge in [-0.05, 0) is 50.8 Å². The Bertz CT molecular complexity index is 832. The fourth-order valence-corrected chi connectivity index (χ4v) is 4.18. The van der Waals surface area contributed by atoms with Gasteiger partial charge in [0.2, 0.25) is 5.91 Å². The van der Waals surface area contributed by atoms with Gasteiger partial charge in [-0.3, -0.25) is 4.79 Å². The summed E-state index contributed by atoms with van der Waals surface area (Å²) in [6.45, 7) is 7.19. The number of hydrogen-bond donors (Lipinski definition) is 1. The standard InChI is InChI=1S/C19H21N3OS/c1-12-6-7-17-15(9-12)5-4-8-22(17)11-18(23)21-19-16(10-20)13(2)14(3)24-19/h6-7,9H,4-5,8,11H2,1-3H3,(H,21,23). The maximum Gasteiger partial charge on any atom is 0.244 e. The van der Waals surface area contributed by atoms with Crippen molar-refractivity contribution in [3.8, 4) is 6.07 Å². The molecule has 5 heteroatoms. The second-order valence-corrected chi connectivity index (χ2v) is 7.53. The summed E-state index contributed by atoms with van der Waals surface area (Å²) < 4.78 is 0. The SMILES string of the molecule is Cc1ccc2c(c1)CCCN2CC(=O)Nc1sc(C)c(C)c1C#N. The van der Waals surface area contributed by atoms with Crippen LogP contribution in [0.5, 0.6) is 0 Å². The molecule has 2 aromatic rings. The van der Waals surface area contributed by atoms with E-state index in [1.165, 1.54) is 22.5 Å². The maximum absolute atomic E-state index is 12.5. The Balaban J connectivity index is 1.75. The summed E-state index contributed by atoms with van der Waals surface area (Å²) in [6.07, 6.45) is 2.13. The highest BCUT2D eigenvalue weighted by atomic mass is 32.1. The Labute approximate surface area is 146 Å². The molecule has 0 fully saturated rings. The molecule has 0 spiro atoms. The molecule has 0 radical (unpaired) electrons. The number of carbonyl (C=O) groups is 1. The lowest BCUT2D eigenvalue weighted by atomic mass is 9.99. The molecule has 124 valence electrons. The van der Waals surface area contributed by atoms with Crippen molar-refractivity contribution < 1.29 is 4.79 Å². The van der Waals surface area contributed by atoms with Gasteiger partial charge in [0.15, 0.2) is 0 Å². The zero-order chi connectivity index (χ0) is 17.3. The van der Waals surface area contributed by atoms with Gasteiger partial charge in [0, 0.05) is 17.1 Å². The Morgan fingerprint density at radius 1 is 1.38 bits per heavy atom. The molecule has 24 heavy (non-hydrogen) atoms. The number of nitriles is 1. The monoisotopic (exact) mass is 339 g/mol. The highest BCUT2D eigenvalue weighted by Crippen LogP contribution is 2.32. The zero-order valence-corrected chi connectivity index (χ0v) is 15.1. The summed E-state index contributed by atoms with van der Waals surface area (Å²) in [5, 5.41) is 12.9. The second-order valence-electron chi connectivity index (χ2n) is 6.30. The van der Waals surface area contributed by atoms with E-state index in [-0.39, 0.29) is 5.91 Å². The third kappa shape index (κ3) is 3.15. The molecule has 1 aromatic heterocycles. The highest BCUT2D eigenvalue weighted by Gasteiger charge is 2.20. The fourth-order valence-electron chi connectivity index (χ4n) is 3.16. The molecule has 0 atom stereocenters. The van der Waals surface area contributed by atoms with Crippen molar-refractivity contribution in [1.29, 1.82) is 5.26 Å². The first kappa shape index (κ1) is 16.5. The van der Waals surface area contributed by atoms with Gasteiger partial charge in [-0.15, -0.1) is 11.3 Å². The third-order valence-corrected chi connectivity index (χ3v) is 5.66. The minimum atomic E-state index is -0.0684. The molecule has 4 nitrogen and oxygen atoms in total. The number of nitrogens with one attached hydrogen (secondary N) is 1. The van der Waals surface area contributed by atoms with E-state index in [1.54, 1.807) is 0 Å². The van der Waals surface area contributed by atoms with Crippen LogP contribution in [0.15, 0.2) is 18.2 Å². The van der Waals surface area contributed by atoms with Crippen LogP contribution in [0.25, 0.3) is 0 Å². The first-order valence-corrected chi connectivity index (χ1v) is 8.95. The van der Waals surface area contributed by atoms with E-state index in [4.69, 9.17) is 0 Å². The molecule has 0 unspecified atom stereocenters. The average molecular weight is 339 g/mol. The molecule has 2 heterocycles. The average Bonchev–Trinajstić information content (AvgIpc) is 2.80. The number of carbonyl (C=O) groups excluding carboxylic acids is 1. The van der Waals surface area contributed by atoms with Crippen molar-refractivity contribution in [3.63, 3.8) is 0 Å². The first-order valence-electron chi connectivity index (χ1n) is 8.14. The van der Waals surface area contributed by atoms with E-state index >= 15 is 0 Å². The number of anilines is 2. The Kier molecular flexibility index (Phi) is 4.59. The molecule has 0 aliphatic carbocycles. The van der Waals surface area contributed by atoms with Crippen LogP contribution < -0.4 is 10.2 Å². The molecule has 1 aliphatic heterocycles. The molecule has 1 N–H and O–H groups in total. The lowest BCUT2D eigenvalue weighted by molar-refractivity contribution is -0.115. The van der Waals surface area contributed by atoms with Gasteiger partial charge in [-0.2, -0.15) is 5.26 Å². The lowest BCUT2D eigenvalue weighted by Gasteiger charge is -2.31. The summed E-state index contributed by atoms with van der Waals surface area (Å²) in [5.74, 6) is -0.0684. The van der Waals surface area contributed by atoms with Crippen molar-refractivity contribution in [3.05, 3.63) is 45.3 Å². The smallest absolute Gasteiger partial charge is 0.244 e. The Morgan fingerprint density at radius 3 is 2.92 bits per heavy atom.